The fraction of sp³-hybridized carbons (Fsp3) is 0.375. The topological polar surface area (TPSA) is 59.2 Å². The van der Waals surface area contributed by atoms with E-state index in [-0.39, 0.29) is 29.7 Å². The van der Waals surface area contributed by atoms with Crippen molar-refractivity contribution in [3.63, 3.8) is 0 Å². The summed E-state index contributed by atoms with van der Waals surface area (Å²) in [5.41, 5.74) is 2.45. The highest BCUT2D eigenvalue weighted by atomic mass is 16.6. The van der Waals surface area contributed by atoms with Crippen molar-refractivity contribution in [3.05, 3.63) is 35.5 Å². The first-order valence-electron chi connectivity index (χ1n) is 7.05. The van der Waals surface area contributed by atoms with E-state index < -0.39 is 0 Å². The predicted molar refractivity (Wildman–Crippen MR) is 73.4 cm³/mol. The van der Waals surface area contributed by atoms with Gasteiger partial charge >= 0.3 is 5.97 Å². The molecule has 20 heavy (non-hydrogen) atoms. The van der Waals surface area contributed by atoms with Gasteiger partial charge in [0.25, 0.3) is 0 Å². The van der Waals surface area contributed by atoms with Crippen molar-refractivity contribution in [1.82, 2.24) is 4.98 Å². The number of aromatic amines is 1. The van der Waals surface area contributed by atoms with E-state index >= 15 is 0 Å². The van der Waals surface area contributed by atoms with Crippen LogP contribution in [0.2, 0.25) is 0 Å². The molecule has 1 fully saturated rings. The monoisotopic (exact) mass is 269 g/mol. The number of H-pyrrole nitrogens is 1. The van der Waals surface area contributed by atoms with Crippen LogP contribution in [0.4, 0.5) is 0 Å². The zero-order valence-electron chi connectivity index (χ0n) is 11.2. The minimum atomic E-state index is -0.285. The second-order valence-electron chi connectivity index (χ2n) is 5.62. The highest BCUT2D eigenvalue weighted by molar-refractivity contribution is 6.11. The van der Waals surface area contributed by atoms with Gasteiger partial charge in [-0.25, -0.2) is 0 Å². The lowest BCUT2D eigenvalue weighted by Crippen LogP contribution is -2.32. The lowest BCUT2D eigenvalue weighted by Gasteiger charge is -2.29. The van der Waals surface area contributed by atoms with Crippen LogP contribution in [-0.2, 0) is 9.53 Å². The molecule has 0 bridgehead atoms. The third-order valence-corrected chi connectivity index (χ3v) is 4.61. The Hall–Kier alpha value is -2.10. The Morgan fingerprint density at radius 3 is 2.90 bits per heavy atom. The minimum absolute atomic E-state index is 0.0134. The fourth-order valence-corrected chi connectivity index (χ4v) is 3.71. The minimum Gasteiger partial charge on any atom is -0.456 e. The quantitative estimate of drug-likeness (QED) is 0.810. The zero-order valence-corrected chi connectivity index (χ0v) is 11.2. The third-order valence-electron chi connectivity index (χ3n) is 4.61. The second kappa shape index (κ2) is 3.95. The van der Waals surface area contributed by atoms with Gasteiger partial charge in [-0.05, 0) is 12.5 Å². The molecule has 1 N–H and O–H groups in total. The van der Waals surface area contributed by atoms with Crippen LogP contribution in [0, 0.1) is 11.8 Å². The average Bonchev–Trinajstić information content (AvgIpc) is 2.99. The average molecular weight is 269 g/mol. The maximum Gasteiger partial charge on any atom is 0.306 e. The Morgan fingerprint density at radius 1 is 1.30 bits per heavy atom. The molecule has 0 spiro atoms. The summed E-state index contributed by atoms with van der Waals surface area (Å²) in [6.07, 6.45) is 0.812. The standard InChI is InChI=1S/C16H15NO3/c1-2-8-10-7-12(18)20-16(10)14-13(15(8)19)9-5-3-4-6-11(9)17-14/h3-6,8,10,16-17H,2,7H2,1H3/t8-,10-,16-/m0/s1. The van der Waals surface area contributed by atoms with E-state index in [1.165, 1.54) is 0 Å². The molecular weight excluding hydrogens is 254 g/mol. The maximum absolute atomic E-state index is 12.8. The number of aromatic nitrogens is 1. The van der Waals surface area contributed by atoms with Crippen LogP contribution in [-0.4, -0.2) is 16.7 Å². The van der Waals surface area contributed by atoms with Crippen LogP contribution < -0.4 is 0 Å². The number of ether oxygens (including phenoxy) is 1. The van der Waals surface area contributed by atoms with Gasteiger partial charge in [0.2, 0.25) is 0 Å². The molecule has 1 saturated heterocycles. The molecule has 0 saturated carbocycles. The number of rotatable bonds is 1. The molecule has 0 amide bonds. The van der Waals surface area contributed by atoms with E-state index in [4.69, 9.17) is 4.74 Å². The van der Waals surface area contributed by atoms with Gasteiger partial charge in [0, 0.05) is 22.7 Å². The molecule has 0 radical (unpaired) electrons. The smallest absolute Gasteiger partial charge is 0.306 e. The summed E-state index contributed by atoms with van der Waals surface area (Å²) in [5.74, 6) is -0.170. The predicted octanol–water partition coefficient (Wildman–Crippen LogP) is 2.99. The van der Waals surface area contributed by atoms with Gasteiger partial charge in [-0.2, -0.15) is 0 Å². The largest absolute Gasteiger partial charge is 0.456 e. The fourth-order valence-electron chi connectivity index (χ4n) is 3.71. The molecule has 2 aliphatic rings. The van der Waals surface area contributed by atoms with Crippen LogP contribution in [0.1, 0.15) is 41.9 Å². The highest BCUT2D eigenvalue weighted by Gasteiger charge is 2.49. The first-order chi connectivity index (χ1) is 9.70. The summed E-state index contributed by atoms with van der Waals surface area (Å²) in [5, 5.41) is 0.937. The summed E-state index contributed by atoms with van der Waals surface area (Å²) in [6, 6.07) is 7.77. The first-order valence-corrected chi connectivity index (χ1v) is 7.05. The summed E-state index contributed by atoms with van der Waals surface area (Å²) in [7, 11) is 0. The molecule has 1 aromatic carbocycles. The number of nitrogens with one attached hydrogen (secondary N) is 1. The molecule has 1 aliphatic heterocycles. The van der Waals surface area contributed by atoms with Crippen molar-refractivity contribution in [1.29, 1.82) is 0 Å². The van der Waals surface area contributed by atoms with Gasteiger partial charge in [0.1, 0.15) is 6.10 Å². The van der Waals surface area contributed by atoms with E-state index in [0.29, 0.717) is 6.42 Å². The van der Waals surface area contributed by atoms with E-state index in [1.54, 1.807) is 0 Å². The summed E-state index contributed by atoms with van der Waals surface area (Å²) < 4.78 is 5.48. The summed E-state index contributed by atoms with van der Waals surface area (Å²) in [6.45, 7) is 2.00. The van der Waals surface area contributed by atoms with Gasteiger partial charge in [0.05, 0.1) is 17.7 Å². The van der Waals surface area contributed by atoms with Crippen LogP contribution in [0.25, 0.3) is 10.9 Å². The van der Waals surface area contributed by atoms with Crippen molar-refractivity contribution in [2.24, 2.45) is 11.8 Å². The second-order valence-corrected chi connectivity index (χ2v) is 5.62. The number of fused-ring (bicyclic) bond motifs is 5. The van der Waals surface area contributed by atoms with Crippen molar-refractivity contribution >= 4 is 22.7 Å². The van der Waals surface area contributed by atoms with Gasteiger partial charge in [0.15, 0.2) is 5.78 Å². The van der Waals surface area contributed by atoms with E-state index in [0.717, 1.165) is 28.6 Å². The lowest BCUT2D eigenvalue weighted by atomic mass is 9.73. The van der Waals surface area contributed by atoms with E-state index in [2.05, 4.69) is 4.98 Å². The van der Waals surface area contributed by atoms with Gasteiger partial charge in [-0.3, -0.25) is 9.59 Å². The number of carbonyl (C=O) groups is 2. The Morgan fingerprint density at radius 2 is 2.10 bits per heavy atom. The van der Waals surface area contributed by atoms with Crippen LogP contribution in [0.3, 0.4) is 0 Å². The van der Waals surface area contributed by atoms with Crippen molar-refractivity contribution < 1.29 is 14.3 Å². The van der Waals surface area contributed by atoms with Crippen molar-refractivity contribution in [3.8, 4) is 0 Å². The van der Waals surface area contributed by atoms with Gasteiger partial charge in [-0.1, -0.05) is 25.1 Å². The molecule has 4 heteroatoms. The summed E-state index contributed by atoms with van der Waals surface area (Å²) >= 11 is 0. The number of esters is 1. The zero-order chi connectivity index (χ0) is 13.9. The molecule has 1 aliphatic carbocycles. The number of hydrogen-bond donors (Lipinski definition) is 1. The van der Waals surface area contributed by atoms with Crippen LogP contribution in [0.5, 0.6) is 0 Å². The number of benzene rings is 1. The molecule has 0 unspecified atom stereocenters. The van der Waals surface area contributed by atoms with Crippen molar-refractivity contribution in [2.45, 2.75) is 25.9 Å². The lowest BCUT2D eigenvalue weighted by molar-refractivity contribution is -0.142. The normalized spacial score (nSPS) is 28.4. The maximum atomic E-state index is 12.8. The van der Waals surface area contributed by atoms with Gasteiger partial charge in [-0.15, -0.1) is 0 Å². The SMILES string of the molecule is CC[C@@H]1C(=O)c2c([nH]c3ccccc23)[C@H]2OC(=O)C[C@@H]12. The Kier molecular flexibility index (Phi) is 2.31. The third kappa shape index (κ3) is 1.36. The molecule has 2 aromatic rings. The van der Waals surface area contributed by atoms with Crippen LogP contribution in [0.15, 0.2) is 24.3 Å². The Bertz CT molecular complexity index is 730. The molecule has 4 rings (SSSR count). The first kappa shape index (κ1) is 11.7. The molecule has 1 aromatic heterocycles. The number of hydrogen-bond acceptors (Lipinski definition) is 3. The molecule has 2 heterocycles. The summed E-state index contributed by atoms with van der Waals surface area (Å²) in [4.78, 5) is 27.7. The number of Topliss-reactive ketones (excluding diaryl/α,β-unsaturated/α-hetero) is 1. The van der Waals surface area contributed by atoms with E-state index in [9.17, 15) is 9.59 Å². The van der Waals surface area contributed by atoms with Gasteiger partial charge < -0.3 is 9.72 Å². The molecule has 3 atom stereocenters. The molecule has 4 nitrogen and oxygen atoms in total. The van der Waals surface area contributed by atoms with Crippen LogP contribution >= 0.6 is 0 Å². The number of ketones is 1. The highest BCUT2D eigenvalue weighted by Crippen LogP contribution is 2.48. The van der Waals surface area contributed by atoms with E-state index in [1.807, 2.05) is 31.2 Å². The Labute approximate surface area is 116 Å². The molecular formula is C16H15NO3. The number of carbonyl (C=O) groups excluding carboxylic acids is 2. The molecule has 102 valence electrons. The van der Waals surface area contributed by atoms with Crippen molar-refractivity contribution in [2.75, 3.05) is 0 Å². The Balaban J connectivity index is 1.99. The number of para-hydroxylation sites is 1.